The Balaban J connectivity index is 1.35. The van der Waals surface area contributed by atoms with Crippen LogP contribution in [0.25, 0.3) is 6.08 Å². The monoisotopic (exact) mass is 434 g/mol. The Labute approximate surface area is 175 Å². The SMILES string of the molecule is CC1CC1c1ccc(/C=C/C(=O)N2CCN(S(=O)(=O)c3ccccc3Cl)CC2)o1. The Bertz CT molecular complexity index is 1040. The van der Waals surface area contributed by atoms with Crippen LogP contribution in [0.3, 0.4) is 0 Å². The van der Waals surface area contributed by atoms with Gasteiger partial charge in [0.2, 0.25) is 15.9 Å². The van der Waals surface area contributed by atoms with E-state index in [4.69, 9.17) is 16.0 Å². The maximum Gasteiger partial charge on any atom is 0.246 e. The minimum absolute atomic E-state index is 0.0972. The molecule has 2 fully saturated rings. The van der Waals surface area contributed by atoms with Gasteiger partial charge in [0.15, 0.2) is 0 Å². The van der Waals surface area contributed by atoms with Crippen molar-refractivity contribution in [3.63, 3.8) is 0 Å². The van der Waals surface area contributed by atoms with Gasteiger partial charge in [-0.25, -0.2) is 8.42 Å². The normalized spacial score (nSPS) is 22.9. The van der Waals surface area contributed by atoms with E-state index in [1.807, 2.05) is 12.1 Å². The molecule has 1 aromatic carbocycles. The van der Waals surface area contributed by atoms with Crippen LogP contribution >= 0.6 is 11.6 Å². The molecule has 2 aromatic rings. The Morgan fingerprint density at radius 2 is 1.83 bits per heavy atom. The third-order valence-electron chi connectivity index (χ3n) is 5.52. The fraction of sp³-hybridized carbons (Fsp3) is 0.381. The highest BCUT2D eigenvalue weighted by Gasteiger charge is 2.36. The van der Waals surface area contributed by atoms with E-state index in [1.54, 1.807) is 29.2 Å². The standard InChI is InChI=1S/C21H23ClN2O4S/c1-15-14-17(15)19-8-6-16(28-19)7-9-21(25)23-10-12-24(13-11-23)29(26,27)20-5-3-2-4-18(20)22/h2-9,15,17H,10-14H2,1H3/b9-7+. The van der Waals surface area contributed by atoms with E-state index >= 15 is 0 Å². The highest BCUT2D eigenvalue weighted by Crippen LogP contribution is 2.47. The second-order valence-corrected chi connectivity index (χ2v) is 9.87. The number of carbonyl (C=O) groups excluding carboxylic acids is 1. The molecule has 1 amide bonds. The van der Waals surface area contributed by atoms with Crippen LogP contribution in [0.4, 0.5) is 0 Å². The van der Waals surface area contributed by atoms with E-state index in [0.29, 0.717) is 30.7 Å². The molecule has 0 N–H and O–H groups in total. The summed E-state index contributed by atoms with van der Waals surface area (Å²) in [5.41, 5.74) is 0. The van der Waals surface area contributed by atoms with Gasteiger partial charge in [-0.15, -0.1) is 0 Å². The zero-order chi connectivity index (χ0) is 20.6. The van der Waals surface area contributed by atoms with Crippen molar-refractivity contribution in [1.29, 1.82) is 0 Å². The Kier molecular flexibility index (Phi) is 5.55. The molecule has 154 valence electrons. The molecule has 1 aliphatic carbocycles. The first-order valence-corrected chi connectivity index (χ1v) is 11.5. The van der Waals surface area contributed by atoms with E-state index in [0.717, 1.165) is 12.2 Å². The number of nitrogens with zero attached hydrogens (tertiary/aromatic N) is 2. The van der Waals surface area contributed by atoms with Crippen LogP contribution in [0.15, 0.2) is 51.8 Å². The lowest BCUT2D eigenvalue weighted by Gasteiger charge is -2.33. The maximum atomic E-state index is 12.8. The van der Waals surface area contributed by atoms with Gasteiger partial charge in [0.25, 0.3) is 0 Å². The third-order valence-corrected chi connectivity index (χ3v) is 7.92. The summed E-state index contributed by atoms with van der Waals surface area (Å²) < 4.78 is 32.7. The van der Waals surface area contributed by atoms with Gasteiger partial charge in [-0.05, 0) is 42.7 Å². The number of sulfonamides is 1. The first-order chi connectivity index (χ1) is 13.9. The van der Waals surface area contributed by atoms with E-state index in [9.17, 15) is 13.2 Å². The second kappa shape index (κ2) is 7.97. The van der Waals surface area contributed by atoms with Gasteiger partial charge < -0.3 is 9.32 Å². The van der Waals surface area contributed by atoms with E-state index in [1.165, 1.54) is 16.4 Å². The molecule has 2 unspecified atom stereocenters. The van der Waals surface area contributed by atoms with Crippen LogP contribution in [-0.2, 0) is 14.8 Å². The number of carbonyl (C=O) groups is 1. The van der Waals surface area contributed by atoms with Gasteiger partial charge >= 0.3 is 0 Å². The lowest BCUT2D eigenvalue weighted by molar-refractivity contribution is -0.127. The molecule has 29 heavy (non-hydrogen) atoms. The zero-order valence-electron chi connectivity index (χ0n) is 16.1. The van der Waals surface area contributed by atoms with E-state index < -0.39 is 10.0 Å². The molecule has 8 heteroatoms. The van der Waals surface area contributed by atoms with Crippen LogP contribution in [0.1, 0.15) is 30.8 Å². The smallest absolute Gasteiger partial charge is 0.246 e. The van der Waals surface area contributed by atoms with Gasteiger partial charge in [0, 0.05) is 38.2 Å². The van der Waals surface area contributed by atoms with Gasteiger partial charge in [-0.1, -0.05) is 30.7 Å². The third kappa shape index (κ3) is 4.27. The summed E-state index contributed by atoms with van der Waals surface area (Å²) >= 11 is 6.05. The van der Waals surface area contributed by atoms with Crippen molar-refractivity contribution < 1.29 is 17.6 Å². The lowest BCUT2D eigenvalue weighted by atomic mass is 10.3. The molecule has 1 saturated carbocycles. The Hall–Kier alpha value is -2.09. The maximum absolute atomic E-state index is 12.8. The van der Waals surface area contributed by atoms with Gasteiger partial charge in [-0.2, -0.15) is 4.31 Å². The summed E-state index contributed by atoms with van der Waals surface area (Å²) in [5.74, 6) is 2.65. The molecule has 1 aliphatic heterocycles. The molecule has 1 aromatic heterocycles. The van der Waals surface area contributed by atoms with Crippen molar-refractivity contribution >= 4 is 33.6 Å². The molecular formula is C21H23ClN2O4S. The summed E-state index contributed by atoms with van der Waals surface area (Å²) in [5, 5.41) is 0.201. The number of hydrogen-bond donors (Lipinski definition) is 0. The summed E-state index contributed by atoms with van der Waals surface area (Å²) in [7, 11) is -3.67. The minimum atomic E-state index is -3.67. The molecule has 0 spiro atoms. The molecule has 2 heterocycles. The number of hydrogen-bond acceptors (Lipinski definition) is 4. The number of halogens is 1. The number of amides is 1. The highest BCUT2D eigenvalue weighted by molar-refractivity contribution is 7.89. The molecule has 2 atom stereocenters. The molecule has 0 bridgehead atoms. The van der Waals surface area contributed by atoms with Gasteiger partial charge in [0.1, 0.15) is 16.4 Å². The average molecular weight is 435 g/mol. The average Bonchev–Trinajstić information content (AvgIpc) is 3.25. The molecular weight excluding hydrogens is 412 g/mol. The van der Waals surface area contributed by atoms with E-state index in [2.05, 4.69) is 6.92 Å². The molecule has 0 radical (unpaired) electrons. The van der Waals surface area contributed by atoms with Crippen LogP contribution in [0.2, 0.25) is 5.02 Å². The van der Waals surface area contributed by atoms with Crippen molar-refractivity contribution in [2.45, 2.75) is 24.2 Å². The van der Waals surface area contributed by atoms with Crippen LogP contribution in [-0.4, -0.2) is 49.7 Å². The first-order valence-electron chi connectivity index (χ1n) is 9.67. The van der Waals surface area contributed by atoms with E-state index in [-0.39, 0.29) is 28.9 Å². The highest BCUT2D eigenvalue weighted by atomic mass is 35.5. The topological polar surface area (TPSA) is 70.8 Å². The molecule has 6 nitrogen and oxygen atoms in total. The number of rotatable bonds is 5. The summed E-state index contributed by atoms with van der Waals surface area (Å²) in [4.78, 5) is 14.2. The first kappa shape index (κ1) is 20.2. The van der Waals surface area contributed by atoms with Gasteiger partial charge in [-0.3, -0.25) is 4.79 Å². The summed E-state index contributed by atoms with van der Waals surface area (Å²) in [6.45, 7) is 3.32. The summed E-state index contributed by atoms with van der Waals surface area (Å²) in [6.07, 6.45) is 4.31. The number of furan rings is 1. The quantitative estimate of drug-likeness (QED) is 0.674. The lowest BCUT2D eigenvalue weighted by Crippen LogP contribution is -2.50. The van der Waals surface area contributed by atoms with Crippen molar-refractivity contribution in [2.75, 3.05) is 26.2 Å². The van der Waals surface area contributed by atoms with Crippen molar-refractivity contribution in [3.05, 3.63) is 59.0 Å². The van der Waals surface area contributed by atoms with Crippen molar-refractivity contribution in [3.8, 4) is 0 Å². The minimum Gasteiger partial charge on any atom is -0.461 e. The predicted octanol–water partition coefficient (Wildman–Crippen LogP) is 3.60. The second-order valence-electron chi connectivity index (χ2n) is 7.55. The zero-order valence-corrected chi connectivity index (χ0v) is 17.7. The van der Waals surface area contributed by atoms with Crippen molar-refractivity contribution in [2.24, 2.45) is 5.92 Å². The molecule has 1 saturated heterocycles. The van der Waals surface area contributed by atoms with Crippen LogP contribution < -0.4 is 0 Å². The van der Waals surface area contributed by atoms with Crippen LogP contribution in [0.5, 0.6) is 0 Å². The fourth-order valence-electron chi connectivity index (χ4n) is 3.58. The Morgan fingerprint density at radius 1 is 1.14 bits per heavy atom. The fourth-order valence-corrected chi connectivity index (χ4v) is 5.49. The van der Waals surface area contributed by atoms with Gasteiger partial charge in [0.05, 0.1) is 5.02 Å². The van der Waals surface area contributed by atoms with Crippen molar-refractivity contribution in [1.82, 2.24) is 9.21 Å². The Morgan fingerprint density at radius 3 is 2.48 bits per heavy atom. The predicted molar refractivity (Wildman–Crippen MR) is 111 cm³/mol. The van der Waals surface area contributed by atoms with Crippen LogP contribution in [0, 0.1) is 5.92 Å². The summed E-state index contributed by atoms with van der Waals surface area (Å²) in [6, 6.07) is 10.2. The number of piperazine rings is 1. The number of benzene rings is 1. The molecule has 4 rings (SSSR count). The largest absolute Gasteiger partial charge is 0.461 e. The molecule has 2 aliphatic rings.